The van der Waals surface area contributed by atoms with Gasteiger partial charge in [0.2, 0.25) is 0 Å². The van der Waals surface area contributed by atoms with Crippen molar-refractivity contribution >= 4 is 0 Å². The zero-order valence-corrected chi connectivity index (χ0v) is 12.8. The number of rotatable bonds is 10. The van der Waals surface area contributed by atoms with Gasteiger partial charge in [-0.3, -0.25) is 0 Å². The van der Waals surface area contributed by atoms with Crippen molar-refractivity contribution in [1.29, 1.82) is 5.26 Å². The van der Waals surface area contributed by atoms with Gasteiger partial charge in [-0.25, -0.2) is 0 Å². The van der Waals surface area contributed by atoms with Gasteiger partial charge in [0.15, 0.2) is 0 Å². The highest BCUT2D eigenvalue weighted by atomic mass is 16.5. The number of unbranched alkanes of at least 4 members (excludes halogenated alkanes) is 7. The molecule has 0 saturated carbocycles. The predicted octanol–water partition coefficient (Wildman–Crippen LogP) is 5.08. The molecule has 2 nitrogen and oxygen atoms in total. The maximum Gasteiger partial charge on any atom is 0.148 e. The van der Waals surface area contributed by atoms with Crippen molar-refractivity contribution in [3.63, 3.8) is 0 Å². The maximum atomic E-state index is 9.01. The van der Waals surface area contributed by atoms with Gasteiger partial charge in [0.05, 0.1) is 6.07 Å². The Bertz CT molecular complexity index is 224. The molecule has 0 aromatic rings. The number of nitrogens with zero attached hydrogens (tertiary/aromatic N) is 1. The molecule has 0 amide bonds. The first-order valence-electron chi connectivity index (χ1n) is 7.53. The Morgan fingerprint density at radius 1 is 0.944 bits per heavy atom. The molecule has 0 N–H and O–H groups in total. The van der Waals surface area contributed by atoms with Crippen LogP contribution in [0.1, 0.15) is 79.1 Å². The van der Waals surface area contributed by atoms with E-state index in [0.717, 1.165) is 13.0 Å². The van der Waals surface area contributed by atoms with Crippen molar-refractivity contribution in [2.45, 2.75) is 85.2 Å². The van der Waals surface area contributed by atoms with Crippen molar-refractivity contribution in [2.75, 3.05) is 6.61 Å². The van der Waals surface area contributed by atoms with Crippen LogP contribution in [0.25, 0.3) is 0 Å². The normalized spacial score (nSPS) is 13.3. The first kappa shape index (κ1) is 17.4. The fourth-order valence-electron chi connectivity index (χ4n) is 1.92. The summed E-state index contributed by atoms with van der Waals surface area (Å²) in [5.74, 6) is 0. The molecule has 0 spiro atoms. The first-order chi connectivity index (χ1) is 8.52. The Hall–Kier alpha value is -0.550. The molecule has 0 aliphatic carbocycles. The van der Waals surface area contributed by atoms with E-state index in [1.54, 1.807) is 0 Å². The summed E-state index contributed by atoms with van der Waals surface area (Å²) in [6.07, 6.45) is 10.1. The van der Waals surface area contributed by atoms with Crippen LogP contribution < -0.4 is 0 Å². The van der Waals surface area contributed by atoms with Crippen LogP contribution in [-0.4, -0.2) is 12.7 Å². The Balaban J connectivity index is 3.38. The van der Waals surface area contributed by atoms with Crippen molar-refractivity contribution in [2.24, 2.45) is 5.41 Å². The van der Waals surface area contributed by atoms with E-state index in [1.165, 1.54) is 44.9 Å². The summed E-state index contributed by atoms with van der Waals surface area (Å²) in [6.45, 7) is 9.13. The van der Waals surface area contributed by atoms with Crippen LogP contribution in [0, 0.1) is 16.7 Å². The van der Waals surface area contributed by atoms with Crippen LogP contribution in [0.15, 0.2) is 0 Å². The van der Waals surface area contributed by atoms with Crippen LogP contribution in [0.2, 0.25) is 0 Å². The van der Waals surface area contributed by atoms with Gasteiger partial charge < -0.3 is 4.74 Å². The second-order valence-corrected chi connectivity index (χ2v) is 6.22. The number of ether oxygens (including phenoxy) is 1. The van der Waals surface area contributed by atoms with Crippen LogP contribution in [-0.2, 0) is 4.74 Å². The summed E-state index contributed by atoms with van der Waals surface area (Å²) in [7, 11) is 0. The molecule has 106 valence electrons. The highest BCUT2D eigenvalue weighted by Crippen LogP contribution is 2.21. The molecule has 0 heterocycles. The Labute approximate surface area is 114 Å². The second-order valence-electron chi connectivity index (χ2n) is 6.22. The van der Waals surface area contributed by atoms with E-state index >= 15 is 0 Å². The lowest BCUT2D eigenvalue weighted by molar-refractivity contribution is 0.0182. The Kier molecular flexibility index (Phi) is 10.1. The molecular formula is C16H31NO. The molecule has 0 aliphatic heterocycles. The minimum Gasteiger partial charge on any atom is -0.363 e. The standard InChI is InChI=1S/C16H31NO/c1-5-6-7-8-9-10-11-12-13-18-15(14-17)16(2,3)4/h15H,5-13H2,1-4H3. The summed E-state index contributed by atoms with van der Waals surface area (Å²) in [5, 5.41) is 9.01. The van der Waals surface area contributed by atoms with Gasteiger partial charge in [-0.15, -0.1) is 0 Å². The summed E-state index contributed by atoms with van der Waals surface area (Å²) in [4.78, 5) is 0. The summed E-state index contributed by atoms with van der Waals surface area (Å²) in [6, 6.07) is 2.25. The largest absolute Gasteiger partial charge is 0.363 e. The average Bonchev–Trinajstić information content (AvgIpc) is 2.30. The molecule has 0 aliphatic rings. The van der Waals surface area contributed by atoms with Gasteiger partial charge in [-0.2, -0.15) is 5.26 Å². The number of hydrogen-bond acceptors (Lipinski definition) is 2. The van der Waals surface area contributed by atoms with Gasteiger partial charge in [0.25, 0.3) is 0 Å². The Morgan fingerprint density at radius 3 is 1.89 bits per heavy atom. The smallest absolute Gasteiger partial charge is 0.148 e. The van der Waals surface area contributed by atoms with E-state index in [4.69, 9.17) is 10.00 Å². The molecule has 0 bridgehead atoms. The molecular weight excluding hydrogens is 222 g/mol. The van der Waals surface area contributed by atoms with Crippen molar-refractivity contribution in [3.8, 4) is 6.07 Å². The minimum absolute atomic E-state index is 0.0745. The molecule has 2 heteroatoms. The zero-order chi connectivity index (χ0) is 13.9. The highest BCUT2D eigenvalue weighted by molar-refractivity contribution is 4.92. The van der Waals surface area contributed by atoms with Gasteiger partial charge in [0.1, 0.15) is 6.10 Å². The summed E-state index contributed by atoms with van der Waals surface area (Å²) < 4.78 is 5.64. The van der Waals surface area contributed by atoms with E-state index in [2.05, 4.69) is 33.8 Å². The van der Waals surface area contributed by atoms with Gasteiger partial charge in [0, 0.05) is 12.0 Å². The summed E-state index contributed by atoms with van der Waals surface area (Å²) >= 11 is 0. The van der Waals surface area contributed by atoms with Crippen molar-refractivity contribution < 1.29 is 4.74 Å². The van der Waals surface area contributed by atoms with Crippen LogP contribution in [0.4, 0.5) is 0 Å². The quantitative estimate of drug-likeness (QED) is 0.508. The molecule has 0 aromatic carbocycles. The maximum absolute atomic E-state index is 9.01. The third kappa shape index (κ3) is 9.48. The lowest BCUT2D eigenvalue weighted by Gasteiger charge is -2.24. The molecule has 0 rings (SSSR count). The van der Waals surface area contributed by atoms with Crippen molar-refractivity contribution in [1.82, 2.24) is 0 Å². The van der Waals surface area contributed by atoms with Crippen LogP contribution in [0.5, 0.6) is 0 Å². The second kappa shape index (κ2) is 10.4. The lowest BCUT2D eigenvalue weighted by atomic mass is 9.90. The predicted molar refractivity (Wildman–Crippen MR) is 77.4 cm³/mol. The number of hydrogen-bond donors (Lipinski definition) is 0. The van der Waals surface area contributed by atoms with Crippen LogP contribution in [0.3, 0.4) is 0 Å². The van der Waals surface area contributed by atoms with Gasteiger partial charge in [-0.1, -0.05) is 72.6 Å². The van der Waals surface area contributed by atoms with E-state index in [1.807, 2.05) is 0 Å². The zero-order valence-electron chi connectivity index (χ0n) is 12.8. The third-order valence-corrected chi connectivity index (χ3v) is 3.19. The number of nitriles is 1. The average molecular weight is 253 g/mol. The molecule has 1 atom stereocenters. The third-order valence-electron chi connectivity index (χ3n) is 3.19. The minimum atomic E-state index is -0.276. The van der Waals surface area contributed by atoms with Gasteiger partial charge in [-0.05, 0) is 6.42 Å². The monoisotopic (exact) mass is 253 g/mol. The SMILES string of the molecule is CCCCCCCCCCOC(C#N)C(C)(C)C. The summed E-state index contributed by atoms with van der Waals surface area (Å²) in [5.41, 5.74) is -0.0745. The molecule has 0 radical (unpaired) electrons. The van der Waals surface area contributed by atoms with Crippen molar-refractivity contribution in [3.05, 3.63) is 0 Å². The van der Waals surface area contributed by atoms with Gasteiger partial charge >= 0.3 is 0 Å². The van der Waals surface area contributed by atoms with Crippen LogP contribution >= 0.6 is 0 Å². The van der Waals surface area contributed by atoms with E-state index < -0.39 is 0 Å². The van der Waals surface area contributed by atoms with E-state index in [-0.39, 0.29) is 11.5 Å². The molecule has 18 heavy (non-hydrogen) atoms. The lowest BCUT2D eigenvalue weighted by Crippen LogP contribution is -2.28. The topological polar surface area (TPSA) is 33.0 Å². The van der Waals surface area contributed by atoms with E-state index in [9.17, 15) is 0 Å². The van der Waals surface area contributed by atoms with E-state index in [0.29, 0.717) is 0 Å². The fraction of sp³-hybridized carbons (Fsp3) is 0.938. The molecule has 1 unspecified atom stereocenters. The molecule has 0 saturated heterocycles. The first-order valence-corrected chi connectivity index (χ1v) is 7.53. The highest BCUT2D eigenvalue weighted by Gasteiger charge is 2.24. The fourth-order valence-corrected chi connectivity index (χ4v) is 1.92. The molecule has 0 aromatic heterocycles. The Morgan fingerprint density at radius 2 is 1.44 bits per heavy atom. The molecule has 0 fully saturated rings.